The second kappa shape index (κ2) is 8.92. The third-order valence-electron chi connectivity index (χ3n) is 3.14. The number of anilines is 2. The van der Waals surface area contributed by atoms with E-state index in [1.165, 1.54) is 0 Å². The maximum Gasteiger partial charge on any atom is 0.490 e. The fourth-order valence-electron chi connectivity index (χ4n) is 2.03. The lowest BCUT2D eigenvalue weighted by Crippen LogP contribution is -2.41. The number of rotatable bonds is 9. The second-order valence-electron chi connectivity index (χ2n) is 5.50. The Kier molecular flexibility index (Phi) is 7.36. The smallest absolute Gasteiger partial charge is 0.388 e. The maximum atomic E-state index is 11.8. The van der Waals surface area contributed by atoms with Gasteiger partial charge in [-0.1, -0.05) is 0 Å². The minimum atomic E-state index is -5.73. The number of aliphatic imine (C=N–C) groups is 1. The Morgan fingerprint density at radius 3 is 2.33 bits per heavy atom. The Morgan fingerprint density at radius 2 is 1.73 bits per heavy atom. The van der Waals surface area contributed by atoms with E-state index in [1.807, 2.05) is 0 Å². The summed E-state index contributed by atoms with van der Waals surface area (Å²) < 4.78 is 44.5. The minimum Gasteiger partial charge on any atom is -0.388 e. The van der Waals surface area contributed by atoms with Crippen molar-refractivity contribution in [2.45, 2.75) is 12.2 Å². The van der Waals surface area contributed by atoms with Crippen molar-refractivity contribution in [3.05, 3.63) is 10.4 Å². The monoisotopic (exact) mass is 495 g/mol. The van der Waals surface area contributed by atoms with E-state index in [2.05, 4.69) is 33.4 Å². The molecule has 10 N–H and O–H groups in total. The number of aliphatic hydroxyl groups excluding tert-OH is 2. The molecule has 2 rings (SSSR count). The first kappa shape index (κ1) is 24.7. The average molecular weight is 495 g/mol. The zero-order chi connectivity index (χ0) is 22.9. The quantitative estimate of drug-likeness (QED) is 0.166. The summed E-state index contributed by atoms with van der Waals surface area (Å²) in [4.78, 5) is 56.8. The molecule has 0 saturated heterocycles. The van der Waals surface area contributed by atoms with Crippen LogP contribution in [-0.4, -0.2) is 70.8 Å². The van der Waals surface area contributed by atoms with Gasteiger partial charge in [-0.3, -0.25) is 14.3 Å². The number of fused-ring (bicyclic) bond motifs is 1. The molecule has 18 nitrogen and oxygen atoms in total. The standard InChI is InChI=1S/C9H16N5O13P3/c10-9-13-7-5(8(17)14-9)12-3(1-11-7)6(16)4(15)2-25-29(21,22)27-30(23,24)26-28(18,19)20/h4,6,15-16H,1-2H2,(H,21,22)(H,23,24)(H2,18,19,20)(H4,10,11,13,14,17)/t4-,6-/m0/s1. The highest BCUT2D eigenvalue weighted by molar-refractivity contribution is 7.66. The Morgan fingerprint density at radius 1 is 1.10 bits per heavy atom. The van der Waals surface area contributed by atoms with Crippen molar-refractivity contribution in [1.29, 1.82) is 0 Å². The van der Waals surface area contributed by atoms with Gasteiger partial charge in [0.25, 0.3) is 5.56 Å². The number of hydrogen-bond acceptors (Lipinski definition) is 13. The predicted molar refractivity (Wildman–Crippen MR) is 96.7 cm³/mol. The molecule has 30 heavy (non-hydrogen) atoms. The van der Waals surface area contributed by atoms with Crippen LogP contribution in [0.4, 0.5) is 17.5 Å². The molecule has 0 radical (unpaired) electrons. The van der Waals surface area contributed by atoms with Gasteiger partial charge in [-0.05, 0) is 0 Å². The Labute approximate surface area is 165 Å². The highest BCUT2D eigenvalue weighted by Crippen LogP contribution is 2.66. The molecule has 2 unspecified atom stereocenters. The highest BCUT2D eigenvalue weighted by atomic mass is 31.3. The molecule has 1 aliphatic heterocycles. The van der Waals surface area contributed by atoms with Gasteiger partial charge in [0, 0.05) is 0 Å². The Bertz CT molecular complexity index is 1040. The molecule has 0 spiro atoms. The third-order valence-corrected chi connectivity index (χ3v) is 6.94. The number of nitrogens with zero attached hydrogens (tertiary/aromatic N) is 2. The normalized spacial score (nSPS) is 20.1. The van der Waals surface area contributed by atoms with Crippen LogP contribution in [0.25, 0.3) is 0 Å². The first-order valence-electron chi connectivity index (χ1n) is 7.44. The molecular weight excluding hydrogens is 479 g/mol. The van der Waals surface area contributed by atoms with Crippen LogP contribution in [0.1, 0.15) is 0 Å². The van der Waals surface area contributed by atoms with E-state index in [4.69, 9.17) is 20.4 Å². The summed E-state index contributed by atoms with van der Waals surface area (Å²) in [6, 6.07) is 0. The van der Waals surface area contributed by atoms with Crippen LogP contribution >= 0.6 is 23.5 Å². The van der Waals surface area contributed by atoms with E-state index >= 15 is 0 Å². The molecule has 0 fully saturated rings. The lowest BCUT2D eigenvalue weighted by molar-refractivity contribution is 0.0167. The number of aromatic nitrogens is 2. The fraction of sp³-hybridized carbons (Fsp3) is 0.444. The molecule has 0 amide bonds. The SMILES string of the molecule is Nc1nc2c(c(=O)[nH]1)N=C([C@H](O)[C@@H](O)COP(=O)(O)OP(=O)(O)OP(=O)(O)O)CN2. The van der Waals surface area contributed by atoms with Gasteiger partial charge in [0.2, 0.25) is 5.95 Å². The number of aromatic amines is 1. The van der Waals surface area contributed by atoms with Crippen LogP contribution < -0.4 is 16.6 Å². The molecule has 2 heterocycles. The average Bonchev–Trinajstić information content (AvgIpc) is 2.55. The number of hydrogen-bond donors (Lipinski definition) is 9. The Hall–Kier alpha value is -1.52. The number of phosphoric acid groups is 3. The van der Waals surface area contributed by atoms with Crippen LogP contribution in [0.5, 0.6) is 0 Å². The third kappa shape index (κ3) is 7.02. The van der Waals surface area contributed by atoms with E-state index in [1.54, 1.807) is 0 Å². The van der Waals surface area contributed by atoms with Crippen LogP contribution in [0, 0.1) is 0 Å². The Balaban J connectivity index is 2.04. The number of H-pyrrole nitrogens is 1. The van der Waals surface area contributed by atoms with Gasteiger partial charge in [0.1, 0.15) is 12.2 Å². The molecule has 21 heteroatoms. The summed E-state index contributed by atoms with van der Waals surface area (Å²) in [5.41, 5.74) is 4.15. The summed E-state index contributed by atoms with van der Waals surface area (Å²) in [5, 5.41) is 22.6. The maximum absolute atomic E-state index is 11.8. The van der Waals surface area contributed by atoms with Crippen LogP contribution in [0.3, 0.4) is 0 Å². The van der Waals surface area contributed by atoms with Crippen LogP contribution in [0.2, 0.25) is 0 Å². The lowest BCUT2D eigenvalue weighted by atomic mass is 10.1. The van der Waals surface area contributed by atoms with Crippen molar-refractivity contribution in [3.63, 3.8) is 0 Å². The number of nitrogens with two attached hydrogens (primary N) is 1. The second-order valence-corrected chi connectivity index (χ2v) is 9.92. The van der Waals surface area contributed by atoms with E-state index < -0.39 is 47.8 Å². The van der Waals surface area contributed by atoms with E-state index in [0.717, 1.165) is 0 Å². The van der Waals surface area contributed by atoms with Crippen molar-refractivity contribution in [1.82, 2.24) is 9.97 Å². The van der Waals surface area contributed by atoms with Crippen molar-refractivity contribution < 1.29 is 56.6 Å². The zero-order valence-electron chi connectivity index (χ0n) is 14.4. The number of phosphoric ester groups is 1. The summed E-state index contributed by atoms with van der Waals surface area (Å²) in [6.45, 7) is -1.39. The van der Waals surface area contributed by atoms with Crippen molar-refractivity contribution in [3.8, 4) is 0 Å². The molecule has 4 atom stereocenters. The number of nitrogen functional groups attached to an aromatic ring is 1. The van der Waals surface area contributed by atoms with E-state index in [-0.39, 0.29) is 29.7 Å². The highest BCUT2D eigenvalue weighted by Gasteiger charge is 2.41. The topological polar surface area (TPSA) is 296 Å². The summed E-state index contributed by atoms with van der Waals surface area (Å²) in [7, 11) is -16.8. The van der Waals surface area contributed by atoms with Gasteiger partial charge in [0.15, 0.2) is 11.5 Å². The summed E-state index contributed by atoms with van der Waals surface area (Å²) >= 11 is 0. The fourth-order valence-corrected chi connectivity index (χ4v) is 5.06. The molecule has 0 saturated carbocycles. The molecule has 1 aliphatic rings. The number of aliphatic hydroxyl groups is 2. The summed E-state index contributed by atoms with van der Waals surface area (Å²) in [6.07, 6.45) is -3.81. The van der Waals surface area contributed by atoms with Crippen molar-refractivity contribution in [2.24, 2.45) is 4.99 Å². The molecule has 0 aromatic carbocycles. The van der Waals surface area contributed by atoms with Gasteiger partial charge < -0.3 is 40.8 Å². The first-order chi connectivity index (χ1) is 13.6. The van der Waals surface area contributed by atoms with Gasteiger partial charge in [0.05, 0.1) is 18.9 Å². The van der Waals surface area contributed by atoms with Gasteiger partial charge in [-0.25, -0.2) is 18.7 Å². The van der Waals surface area contributed by atoms with Gasteiger partial charge in [-0.2, -0.15) is 13.6 Å². The van der Waals surface area contributed by atoms with Gasteiger partial charge in [-0.15, -0.1) is 0 Å². The van der Waals surface area contributed by atoms with E-state index in [0.29, 0.717) is 0 Å². The summed E-state index contributed by atoms with van der Waals surface area (Å²) in [5.74, 6) is -0.184. The van der Waals surface area contributed by atoms with Gasteiger partial charge >= 0.3 is 23.5 Å². The molecular formula is C9H16N5O13P3. The predicted octanol–water partition coefficient (Wildman–Crippen LogP) is -2.08. The lowest BCUT2D eigenvalue weighted by Gasteiger charge is -2.24. The molecule has 1 aromatic heterocycles. The minimum absolute atomic E-state index is 0.00922. The number of nitrogens with one attached hydrogen (secondary N) is 2. The van der Waals surface area contributed by atoms with Crippen molar-refractivity contribution in [2.75, 3.05) is 24.2 Å². The molecule has 0 aliphatic carbocycles. The molecule has 170 valence electrons. The zero-order valence-corrected chi connectivity index (χ0v) is 17.1. The molecule has 1 aromatic rings. The van der Waals surface area contributed by atoms with Crippen LogP contribution in [-0.2, 0) is 26.8 Å². The first-order valence-corrected chi connectivity index (χ1v) is 12.0. The van der Waals surface area contributed by atoms with Crippen LogP contribution in [0.15, 0.2) is 9.79 Å². The largest absolute Gasteiger partial charge is 0.490 e. The van der Waals surface area contributed by atoms with Crippen molar-refractivity contribution >= 4 is 46.6 Å². The molecule has 0 bridgehead atoms. The van der Waals surface area contributed by atoms with E-state index in [9.17, 15) is 33.6 Å².